The van der Waals surface area contributed by atoms with Gasteiger partial charge >= 0.3 is 0 Å². The lowest BCUT2D eigenvalue weighted by Gasteiger charge is -2.19. The van der Waals surface area contributed by atoms with Crippen molar-refractivity contribution in [2.45, 2.75) is 13.0 Å². The van der Waals surface area contributed by atoms with Gasteiger partial charge < -0.3 is 10.0 Å². The molecule has 2 heteroatoms. The van der Waals surface area contributed by atoms with E-state index < -0.39 is 20.0 Å². The van der Waals surface area contributed by atoms with E-state index in [1.54, 1.807) is 12.1 Å². The van der Waals surface area contributed by atoms with E-state index in [2.05, 4.69) is 0 Å². The third kappa shape index (κ3) is 1.98. The maximum atomic E-state index is 9.35. The highest BCUT2D eigenvalue weighted by Crippen LogP contribution is 2.20. The van der Waals surface area contributed by atoms with Crippen molar-refractivity contribution in [2.75, 3.05) is 14.0 Å². The first kappa shape index (κ1) is 3.79. The lowest BCUT2D eigenvalue weighted by molar-refractivity contribution is 0.320. The van der Waals surface area contributed by atoms with E-state index in [9.17, 15) is 5.11 Å². The Balaban J connectivity index is 3.15. The standard InChI is InChI=1S/C10H15NO/c1-8(11(2)3)9-5-4-6-10(12)7-9/h4-8,12H,1-3H3/i2D3,3D3. The molecule has 0 fully saturated rings. The second-order valence-electron chi connectivity index (χ2n) is 2.64. The molecule has 0 heterocycles. The molecule has 0 spiro atoms. The third-order valence-corrected chi connectivity index (χ3v) is 1.74. The van der Waals surface area contributed by atoms with Crippen LogP contribution in [0.1, 0.15) is 26.8 Å². The first-order valence-corrected chi connectivity index (χ1v) is 3.62. The van der Waals surface area contributed by atoms with Gasteiger partial charge in [0.15, 0.2) is 0 Å². The average molecular weight is 171 g/mol. The Morgan fingerprint density at radius 1 is 1.50 bits per heavy atom. The summed E-state index contributed by atoms with van der Waals surface area (Å²) < 4.78 is 43.9. The largest absolute Gasteiger partial charge is 0.508 e. The van der Waals surface area contributed by atoms with Gasteiger partial charge in [-0.05, 0) is 38.6 Å². The Labute approximate surface area is 81.9 Å². The number of phenols is 1. The second kappa shape index (κ2) is 3.59. The van der Waals surface area contributed by atoms with Crippen molar-refractivity contribution in [3.63, 3.8) is 0 Å². The number of aromatic hydroxyl groups is 1. The summed E-state index contributed by atoms with van der Waals surface area (Å²) in [6.45, 7) is -4.00. The highest BCUT2D eigenvalue weighted by atomic mass is 16.3. The number of phenolic OH excluding ortho intramolecular Hbond substituents is 1. The van der Waals surface area contributed by atoms with E-state index >= 15 is 0 Å². The van der Waals surface area contributed by atoms with Gasteiger partial charge in [-0.2, -0.15) is 0 Å². The molecule has 1 unspecified atom stereocenters. The molecule has 66 valence electrons. The predicted octanol–water partition coefficient (Wildman–Crippen LogP) is 2.01. The van der Waals surface area contributed by atoms with Gasteiger partial charge in [0.25, 0.3) is 0 Å². The maximum Gasteiger partial charge on any atom is 0.115 e. The van der Waals surface area contributed by atoms with Crippen molar-refractivity contribution in [1.29, 1.82) is 0 Å². The van der Waals surface area contributed by atoms with Crippen LogP contribution in [0, 0.1) is 0 Å². The van der Waals surface area contributed by atoms with Crippen LogP contribution in [0.4, 0.5) is 0 Å². The van der Waals surface area contributed by atoms with E-state index in [0.29, 0.717) is 10.5 Å². The Morgan fingerprint density at radius 2 is 2.25 bits per heavy atom. The molecule has 1 N–H and O–H groups in total. The molecule has 0 saturated heterocycles. The van der Waals surface area contributed by atoms with E-state index in [1.807, 2.05) is 0 Å². The summed E-state index contributed by atoms with van der Waals surface area (Å²) in [6, 6.07) is 5.05. The van der Waals surface area contributed by atoms with Gasteiger partial charge in [0.05, 0.1) is 0 Å². The first-order valence-electron chi connectivity index (χ1n) is 6.62. The van der Waals surface area contributed by atoms with E-state index in [4.69, 9.17) is 8.22 Å². The van der Waals surface area contributed by atoms with Gasteiger partial charge in [-0.3, -0.25) is 0 Å². The number of hydrogen-bond acceptors (Lipinski definition) is 2. The first-order chi connectivity index (χ1) is 8.03. The molecule has 0 aliphatic rings. The molecule has 1 aromatic rings. The minimum absolute atomic E-state index is 0.0321. The molecule has 0 radical (unpaired) electrons. The number of hydrogen-bond donors (Lipinski definition) is 1. The van der Waals surface area contributed by atoms with Crippen LogP contribution in [0.2, 0.25) is 0 Å². The molecule has 0 bridgehead atoms. The van der Waals surface area contributed by atoms with Gasteiger partial charge in [0.1, 0.15) is 5.75 Å². The predicted molar refractivity (Wildman–Crippen MR) is 50.2 cm³/mol. The lowest BCUT2D eigenvalue weighted by atomic mass is 10.1. The van der Waals surface area contributed by atoms with Crippen LogP contribution in [-0.2, 0) is 0 Å². The van der Waals surface area contributed by atoms with Crippen molar-refractivity contribution >= 4 is 0 Å². The van der Waals surface area contributed by atoms with Crippen LogP contribution in [0.25, 0.3) is 0 Å². The normalized spacial score (nSPS) is 22.8. The molecular formula is C10H15NO. The fourth-order valence-corrected chi connectivity index (χ4v) is 0.934. The molecule has 0 aliphatic carbocycles. The summed E-state index contributed by atoms with van der Waals surface area (Å²) in [5.41, 5.74) is 0.433. The van der Waals surface area contributed by atoms with Crippen LogP contribution in [0.5, 0.6) is 5.75 Å². The van der Waals surface area contributed by atoms with E-state index in [0.717, 1.165) is 0 Å². The van der Waals surface area contributed by atoms with Crippen LogP contribution in [0.3, 0.4) is 0 Å². The molecule has 1 atom stereocenters. The zero-order valence-corrected chi connectivity index (χ0v) is 6.78. The summed E-state index contributed by atoms with van der Waals surface area (Å²) in [5.74, 6) is -0.0321. The van der Waals surface area contributed by atoms with Crippen LogP contribution in [0.15, 0.2) is 24.3 Å². The summed E-state index contributed by atoms with van der Waals surface area (Å²) in [7, 11) is 0. The minimum atomic E-state index is -2.74. The van der Waals surface area contributed by atoms with Crippen LogP contribution in [-0.4, -0.2) is 24.0 Å². The number of benzene rings is 1. The van der Waals surface area contributed by atoms with E-state index in [-0.39, 0.29) is 5.75 Å². The average Bonchev–Trinajstić information content (AvgIpc) is 2.12. The van der Waals surface area contributed by atoms with Crippen molar-refractivity contribution in [3.05, 3.63) is 29.8 Å². The van der Waals surface area contributed by atoms with Gasteiger partial charge in [-0.1, -0.05) is 12.1 Å². The monoisotopic (exact) mass is 171 g/mol. The van der Waals surface area contributed by atoms with Crippen molar-refractivity contribution < 1.29 is 13.3 Å². The molecule has 1 aromatic carbocycles. The quantitative estimate of drug-likeness (QED) is 0.736. The van der Waals surface area contributed by atoms with Crippen molar-refractivity contribution in [1.82, 2.24) is 4.90 Å². The molecule has 0 amide bonds. The van der Waals surface area contributed by atoms with Crippen LogP contribution >= 0.6 is 0 Å². The number of rotatable bonds is 2. The van der Waals surface area contributed by atoms with Gasteiger partial charge in [-0.15, -0.1) is 0 Å². The Hall–Kier alpha value is -1.02. The van der Waals surface area contributed by atoms with Gasteiger partial charge in [0, 0.05) is 14.3 Å². The zero-order chi connectivity index (χ0) is 14.1. The zero-order valence-electron chi connectivity index (χ0n) is 12.8. The summed E-state index contributed by atoms with van der Waals surface area (Å²) in [5, 5.41) is 9.35. The summed E-state index contributed by atoms with van der Waals surface area (Å²) in [6.07, 6.45) is 0. The lowest BCUT2D eigenvalue weighted by Crippen LogP contribution is -2.16. The molecule has 0 aliphatic heterocycles. The Bertz CT molecular complexity index is 400. The molecule has 1 rings (SSSR count). The molecule has 12 heavy (non-hydrogen) atoms. The SMILES string of the molecule is [2H]C([2H])([2H])N(C(C)c1cccc(O)c1)C([2H])([2H])[2H]. The minimum Gasteiger partial charge on any atom is -0.508 e. The highest BCUT2D eigenvalue weighted by molar-refractivity contribution is 5.28. The molecule has 2 nitrogen and oxygen atoms in total. The third-order valence-electron chi connectivity index (χ3n) is 1.74. The molecular weight excluding hydrogens is 150 g/mol. The van der Waals surface area contributed by atoms with E-state index in [1.165, 1.54) is 19.1 Å². The highest BCUT2D eigenvalue weighted by Gasteiger charge is 2.06. The second-order valence-corrected chi connectivity index (χ2v) is 2.64. The summed E-state index contributed by atoms with van der Waals surface area (Å²) >= 11 is 0. The molecule has 0 saturated carbocycles. The molecule has 0 aromatic heterocycles. The van der Waals surface area contributed by atoms with Crippen LogP contribution < -0.4 is 0 Å². The van der Waals surface area contributed by atoms with Crippen molar-refractivity contribution in [2.24, 2.45) is 0 Å². The maximum absolute atomic E-state index is 9.35. The Morgan fingerprint density at radius 3 is 2.83 bits per heavy atom. The fraction of sp³-hybridized carbons (Fsp3) is 0.400. The fourth-order valence-electron chi connectivity index (χ4n) is 0.934. The smallest absolute Gasteiger partial charge is 0.115 e. The number of nitrogens with zero attached hydrogens (tertiary/aromatic N) is 1. The topological polar surface area (TPSA) is 23.5 Å². The van der Waals surface area contributed by atoms with Crippen molar-refractivity contribution in [3.8, 4) is 5.75 Å². The van der Waals surface area contributed by atoms with Gasteiger partial charge in [0.2, 0.25) is 0 Å². The van der Waals surface area contributed by atoms with Gasteiger partial charge in [-0.25, -0.2) is 0 Å². The summed E-state index contributed by atoms with van der Waals surface area (Å²) in [4.78, 5) is 0.481. The Kier molecular flexibility index (Phi) is 1.13.